The van der Waals surface area contributed by atoms with E-state index in [0.717, 1.165) is 63.2 Å². The number of para-hydroxylation sites is 2. The summed E-state index contributed by atoms with van der Waals surface area (Å²) in [6.07, 6.45) is 1.91. The Morgan fingerprint density at radius 1 is 0.860 bits per heavy atom. The average Bonchev–Trinajstić information content (AvgIpc) is 3.50. The molecule has 0 amide bonds. The summed E-state index contributed by atoms with van der Waals surface area (Å²) in [5.74, 6) is 1.72. The van der Waals surface area contributed by atoms with Crippen LogP contribution in [0.3, 0.4) is 0 Å². The Bertz CT molecular complexity index is 1960. The average molecular weight is 571 g/mol. The van der Waals surface area contributed by atoms with E-state index < -0.39 is 5.60 Å². The number of esters is 1. The van der Waals surface area contributed by atoms with Crippen LogP contribution in [-0.2, 0) is 24.8 Å². The first kappa shape index (κ1) is 28.4. The molecule has 0 radical (unpaired) electrons. The third kappa shape index (κ3) is 5.57. The van der Waals surface area contributed by atoms with E-state index in [1.54, 1.807) is 0 Å². The van der Waals surface area contributed by atoms with Gasteiger partial charge in [-0.2, -0.15) is 0 Å². The van der Waals surface area contributed by atoms with Gasteiger partial charge in [-0.25, -0.2) is 14.8 Å². The van der Waals surface area contributed by atoms with Gasteiger partial charge in [0.25, 0.3) is 0 Å². The first-order valence-electron chi connectivity index (χ1n) is 15.0. The van der Waals surface area contributed by atoms with Crippen molar-refractivity contribution in [1.29, 1.82) is 0 Å². The fraction of sp³-hybridized carbons (Fsp3) is 0.270. The number of hydrogen-bond donors (Lipinski definition) is 0. The number of carbonyl (C=O) groups is 1. The Morgan fingerprint density at radius 3 is 2.30 bits per heavy atom. The van der Waals surface area contributed by atoms with Crippen molar-refractivity contribution in [2.75, 3.05) is 0 Å². The SMILES string of the molecule is CCCc1nc2cc(-c3nc4ccccc4n3C)cc(C)c2n1Cc1ccc(-c2ccccc2C(=O)OC(C)(C)C)cc1. The lowest BCUT2D eigenvalue weighted by molar-refractivity contribution is 0.00704. The van der Waals surface area contributed by atoms with Crippen LogP contribution in [0.15, 0.2) is 84.9 Å². The lowest BCUT2D eigenvalue weighted by Gasteiger charge is -2.20. The van der Waals surface area contributed by atoms with Crippen LogP contribution in [0.2, 0.25) is 0 Å². The lowest BCUT2D eigenvalue weighted by Crippen LogP contribution is -2.24. The maximum absolute atomic E-state index is 12.9. The highest BCUT2D eigenvalue weighted by molar-refractivity contribution is 5.97. The Kier molecular flexibility index (Phi) is 7.38. The fourth-order valence-electron chi connectivity index (χ4n) is 5.86. The minimum Gasteiger partial charge on any atom is -0.456 e. The van der Waals surface area contributed by atoms with Crippen LogP contribution in [0, 0.1) is 6.92 Å². The van der Waals surface area contributed by atoms with Crippen molar-refractivity contribution in [3.63, 3.8) is 0 Å². The van der Waals surface area contributed by atoms with Gasteiger partial charge in [0.1, 0.15) is 17.2 Å². The summed E-state index contributed by atoms with van der Waals surface area (Å²) in [5.41, 5.74) is 9.56. The molecule has 2 aromatic heterocycles. The number of aryl methyl sites for hydroxylation is 3. The van der Waals surface area contributed by atoms with Gasteiger partial charge in [0, 0.05) is 25.6 Å². The van der Waals surface area contributed by atoms with Crippen LogP contribution in [-0.4, -0.2) is 30.7 Å². The molecule has 4 aromatic carbocycles. The number of rotatable bonds is 7. The first-order chi connectivity index (χ1) is 20.6. The summed E-state index contributed by atoms with van der Waals surface area (Å²) in [4.78, 5) is 23.0. The maximum atomic E-state index is 12.9. The summed E-state index contributed by atoms with van der Waals surface area (Å²) >= 11 is 0. The minimum absolute atomic E-state index is 0.310. The van der Waals surface area contributed by atoms with Gasteiger partial charge in [-0.15, -0.1) is 0 Å². The molecule has 0 atom stereocenters. The number of ether oxygens (including phenoxy) is 1. The third-order valence-corrected chi connectivity index (χ3v) is 7.78. The van der Waals surface area contributed by atoms with E-state index in [1.165, 1.54) is 11.1 Å². The molecule has 0 bridgehead atoms. The molecule has 0 aliphatic rings. The number of imidazole rings is 2. The van der Waals surface area contributed by atoms with Crippen LogP contribution in [0.25, 0.3) is 44.6 Å². The van der Waals surface area contributed by atoms with Crippen molar-refractivity contribution >= 4 is 28.0 Å². The summed E-state index contributed by atoms with van der Waals surface area (Å²) in [5, 5.41) is 0. The van der Waals surface area contributed by atoms with Crippen LogP contribution < -0.4 is 0 Å². The van der Waals surface area contributed by atoms with Gasteiger partial charge in [-0.3, -0.25) is 0 Å². The van der Waals surface area contributed by atoms with E-state index in [0.29, 0.717) is 12.1 Å². The van der Waals surface area contributed by atoms with Gasteiger partial charge < -0.3 is 13.9 Å². The Morgan fingerprint density at radius 2 is 1.58 bits per heavy atom. The number of fused-ring (bicyclic) bond motifs is 2. The molecular formula is C37H38N4O2. The molecule has 0 aliphatic carbocycles. The molecular weight excluding hydrogens is 532 g/mol. The number of benzene rings is 4. The van der Waals surface area contributed by atoms with Gasteiger partial charge in [0.05, 0.1) is 27.6 Å². The second kappa shape index (κ2) is 11.2. The van der Waals surface area contributed by atoms with Crippen molar-refractivity contribution in [1.82, 2.24) is 19.1 Å². The predicted octanol–water partition coefficient (Wildman–Crippen LogP) is 8.52. The molecule has 2 heterocycles. The number of hydrogen-bond acceptors (Lipinski definition) is 4. The molecule has 6 aromatic rings. The topological polar surface area (TPSA) is 61.9 Å². The molecule has 0 aliphatic heterocycles. The van der Waals surface area contributed by atoms with Crippen molar-refractivity contribution < 1.29 is 9.53 Å². The molecule has 0 saturated heterocycles. The van der Waals surface area contributed by atoms with Gasteiger partial charge in [-0.05, 0) is 86.7 Å². The molecule has 0 N–H and O–H groups in total. The monoisotopic (exact) mass is 570 g/mol. The van der Waals surface area contributed by atoms with E-state index in [1.807, 2.05) is 57.2 Å². The highest BCUT2D eigenvalue weighted by Crippen LogP contribution is 2.31. The van der Waals surface area contributed by atoms with Crippen LogP contribution in [0.4, 0.5) is 0 Å². The van der Waals surface area contributed by atoms with E-state index in [4.69, 9.17) is 14.7 Å². The van der Waals surface area contributed by atoms with E-state index in [2.05, 4.69) is 78.6 Å². The third-order valence-electron chi connectivity index (χ3n) is 7.78. The zero-order valence-electron chi connectivity index (χ0n) is 25.8. The molecule has 0 fully saturated rings. The second-order valence-electron chi connectivity index (χ2n) is 12.3. The molecule has 0 spiro atoms. The van der Waals surface area contributed by atoms with Crippen LogP contribution >= 0.6 is 0 Å². The predicted molar refractivity (Wildman–Crippen MR) is 174 cm³/mol. The second-order valence-corrected chi connectivity index (χ2v) is 12.3. The molecule has 6 rings (SSSR count). The van der Waals surface area contributed by atoms with Crippen LogP contribution in [0.1, 0.15) is 61.4 Å². The van der Waals surface area contributed by atoms with Gasteiger partial charge in [-0.1, -0.05) is 61.5 Å². The fourth-order valence-corrected chi connectivity index (χ4v) is 5.86. The summed E-state index contributed by atoms with van der Waals surface area (Å²) in [6.45, 7) is 10.7. The number of aromatic nitrogens is 4. The molecule has 0 saturated carbocycles. The molecule has 6 nitrogen and oxygen atoms in total. The molecule has 6 heteroatoms. The van der Waals surface area contributed by atoms with Gasteiger partial charge in [0.15, 0.2) is 0 Å². The quantitative estimate of drug-likeness (QED) is 0.181. The lowest BCUT2D eigenvalue weighted by atomic mass is 9.98. The molecule has 218 valence electrons. The first-order valence-corrected chi connectivity index (χ1v) is 15.0. The smallest absolute Gasteiger partial charge is 0.339 e. The van der Waals surface area contributed by atoms with Gasteiger partial charge in [0.2, 0.25) is 0 Å². The summed E-state index contributed by atoms with van der Waals surface area (Å²) in [7, 11) is 2.07. The highest BCUT2D eigenvalue weighted by atomic mass is 16.6. The largest absolute Gasteiger partial charge is 0.456 e. The van der Waals surface area contributed by atoms with Crippen molar-refractivity contribution in [2.24, 2.45) is 7.05 Å². The van der Waals surface area contributed by atoms with Crippen LogP contribution in [0.5, 0.6) is 0 Å². The summed E-state index contributed by atoms with van der Waals surface area (Å²) < 4.78 is 10.2. The summed E-state index contributed by atoms with van der Waals surface area (Å²) in [6, 6.07) is 28.7. The zero-order chi connectivity index (χ0) is 30.3. The Hall–Kier alpha value is -4.71. The van der Waals surface area contributed by atoms with Gasteiger partial charge >= 0.3 is 5.97 Å². The Balaban J connectivity index is 1.34. The molecule has 43 heavy (non-hydrogen) atoms. The normalized spacial score (nSPS) is 11.9. The minimum atomic E-state index is -0.553. The van der Waals surface area contributed by atoms with Crippen molar-refractivity contribution in [3.05, 3.63) is 107 Å². The van der Waals surface area contributed by atoms with E-state index >= 15 is 0 Å². The van der Waals surface area contributed by atoms with E-state index in [9.17, 15) is 4.79 Å². The van der Waals surface area contributed by atoms with E-state index in [-0.39, 0.29) is 5.97 Å². The standard InChI is InChI=1S/C37H38N4O2/c1-7-12-33-38-31-22-27(35-39-30-15-10-11-16-32(30)40(35)6)21-24(2)34(31)41(33)23-25-17-19-26(20-18-25)28-13-8-9-14-29(28)36(42)43-37(3,4)5/h8-11,13-22H,7,12,23H2,1-6H3. The maximum Gasteiger partial charge on any atom is 0.339 e. The van der Waals surface area contributed by atoms with Crippen molar-refractivity contribution in [3.8, 4) is 22.5 Å². The number of nitrogens with zero attached hydrogens (tertiary/aromatic N) is 4. The van der Waals surface area contributed by atoms with Crippen molar-refractivity contribution in [2.45, 2.75) is 59.6 Å². The number of carbonyl (C=O) groups excluding carboxylic acids is 1. The zero-order valence-corrected chi connectivity index (χ0v) is 25.8. The Labute approximate surface area is 253 Å². The highest BCUT2D eigenvalue weighted by Gasteiger charge is 2.21. The molecule has 0 unspecified atom stereocenters.